The predicted molar refractivity (Wildman–Crippen MR) is 59.8 cm³/mol. The lowest BCUT2D eigenvalue weighted by Crippen LogP contribution is -2.51. The number of likely N-dealkylation sites (tertiary alicyclic amines) is 1. The van der Waals surface area contributed by atoms with Crippen molar-refractivity contribution in [3.8, 4) is 0 Å². The molecule has 0 aromatic carbocycles. The molecule has 4 heteroatoms. The Kier molecular flexibility index (Phi) is 5.65. The molecule has 1 saturated heterocycles. The van der Waals surface area contributed by atoms with Gasteiger partial charge in [-0.2, -0.15) is 0 Å². The molecule has 1 aliphatic rings. The van der Waals surface area contributed by atoms with Gasteiger partial charge in [-0.1, -0.05) is 6.92 Å². The average Bonchev–Trinajstić information content (AvgIpc) is 2.24. The molecule has 15 heavy (non-hydrogen) atoms. The molecule has 0 saturated carbocycles. The Morgan fingerprint density at radius 2 is 2.33 bits per heavy atom. The van der Waals surface area contributed by atoms with Crippen LogP contribution in [0.15, 0.2) is 0 Å². The van der Waals surface area contributed by atoms with Crippen molar-refractivity contribution in [2.45, 2.75) is 32.7 Å². The lowest BCUT2D eigenvalue weighted by atomic mass is 10.0. The van der Waals surface area contributed by atoms with Gasteiger partial charge >= 0.3 is 0 Å². The van der Waals surface area contributed by atoms with E-state index in [4.69, 9.17) is 4.74 Å². The second kappa shape index (κ2) is 6.80. The number of hydrogen-bond donors (Lipinski definition) is 1. The van der Waals surface area contributed by atoms with Gasteiger partial charge in [0.05, 0.1) is 12.6 Å². The Labute approximate surface area is 92.0 Å². The van der Waals surface area contributed by atoms with Crippen LogP contribution in [0.25, 0.3) is 0 Å². The van der Waals surface area contributed by atoms with Crippen LogP contribution in [0.3, 0.4) is 0 Å². The van der Waals surface area contributed by atoms with E-state index in [1.165, 1.54) is 0 Å². The van der Waals surface area contributed by atoms with E-state index < -0.39 is 0 Å². The maximum absolute atomic E-state index is 11.9. The highest BCUT2D eigenvalue weighted by atomic mass is 16.5. The minimum atomic E-state index is 0.0328. The van der Waals surface area contributed by atoms with Gasteiger partial charge in [-0.15, -0.1) is 0 Å². The number of hydrogen-bond acceptors (Lipinski definition) is 3. The summed E-state index contributed by atoms with van der Waals surface area (Å²) in [5.74, 6) is 0.239. The molecular weight excluding hydrogens is 192 g/mol. The quantitative estimate of drug-likeness (QED) is 0.659. The maximum atomic E-state index is 11.9. The standard InChI is InChI=1S/C11H22N2O2/c1-3-12-10-6-5-7-13(11(10)14)8-9-15-4-2/h10,12H,3-9H2,1-2H3. The van der Waals surface area contributed by atoms with Crippen molar-refractivity contribution in [2.75, 3.05) is 32.8 Å². The zero-order chi connectivity index (χ0) is 11.1. The van der Waals surface area contributed by atoms with E-state index in [9.17, 15) is 4.79 Å². The molecule has 1 aliphatic heterocycles. The molecule has 1 unspecified atom stereocenters. The Morgan fingerprint density at radius 1 is 1.53 bits per heavy atom. The third-order valence-electron chi connectivity index (χ3n) is 2.69. The largest absolute Gasteiger partial charge is 0.380 e. The summed E-state index contributed by atoms with van der Waals surface area (Å²) in [6.45, 7) is 7.85. The van der Waals surface area contributed by atoms with Crippen molar-refractivity contribution in [3.05, 3.63) is 0 Å². The van der Waals surface area contributed by atoms with Gasteiger partial charge in [0.1, 0.15) is 0 Å². The first-order chi connectivity index (χ1) is 7.29. The van der Waals surface area contributed by atoms with Crippen molar-refractivity contribution >= 4 is 5.91 Å². The molecule has 0 aromatic heterocycles. The number of nitrogens with zero attached hydrogens (tertiary/aromatic N) is 1. The fraction of sp³-hybridized carbons (Fsp3) is 0.909. The van der Waals surface area contributed by atoms with Crippen LogP contribution < -0.4 is 5.32 Å². The second-order valence-electron chi connectivity index (χ2n) is 3.77. The highest BCUT2D eigenvalue weighted by Crippen LogP contribution is 2.11. The van der Waals surface area contributed by atoms with Crippen LogP contribution in [0.2, 0.25) is 0 Å². The lowest BCUT2D eigenvalue weighted by molar-refractivity contribution is -0.136. The molecule has 1 heterocycles. The molecule has 88 valence electrons. The van der Waals surface area contributed by atoms with E-state index in [1.54, 1.807) is 0 Å². The third-order valence-corrected chi connectivity index (χ3v) is 2.69. The highest BCUT2D eigenvalue weighted by Gasteiger charge is 2.27. The number of piperidine rings is 1. The van der Waals surface area contributed by atoms with E-state index in [1.807, 2.05) is 18.7 Å². The molecule has 1 N–H and O–H groups in total. The van der Waals surface area contributed by atoms with Crippen molar-refractivity contribution < 1.29 is 9.53 Å². The zero-order valence-electron chi connectivity index (χ0n) is 9.79. The van der Waals surface area contributed by atoms with E-state index in [2.05, 4.69) is 5.32 Å². The Morgan fingerprint density at radius 3 is 3.00 bits per heavy atom. The first kappa shape index (κ1) is 12.5. The topological polar surface area (TPSA) is 41.6 Å². The highest BCUT2D eigenvalue weighted by molar-refractivity contribution is 5.82. The van der Waals surface area contributed by atoms with Crippen LogP contribution >= 0.6 is 0 Å². The summed E-state index contributed by atoms with van der Waals surface area (Å²) < 4.78 is 5.27. The predicted octanol–water partition coefficient (Wildman–Crippen LogP) is 0.623. The van der Waals surface area contributed by atoms with Gasteiger partial charge < -0.3 is 15.0 Å². The summed E-state index contributed by atoms with van der Waals surface area (Å²) in [5, 5.41) is 3.22. The van der Waals surface area contributed by atoms with Crippen LogP contribution in [0, 0.1) is 0 Å². The molecule has 1 atom stereocenters. The fourth-order valence-corrected chi connectivity index (χ4v) is 1.92. The van der Waals surface area contributed by atoms with Crippen molar-refractivity contribution in [2.24, 2.45) is 0 Å². The minimum absolute atomic E-state index is 0.0328. The lowest BCUT2D eigenvalue weighted by Gasteiger charge is -2.32. The average molecular weight is 214 g/mol. The van der Waals surface area contributed by atoms with Crippen molar-refractivity contribution in [3.63, 3.8) is 0 Å². The van der Waals surface area contributed by atoms with Gasteiger partial charge in [-0.3, -0.25) is 4.79 Å². The molecular formula is C11H22N2O2. The maximum Gasteiger partial charge on any atom is 0.239 e. The zero-order valence-corrected chi connectivity index (χ0v) is 9.79. The Bertz CT molecular complexity index is 195. The first-order valence-electron chi connectivity index (χ1n) is 5.89. The minimum Gasteiger partial charge on any atom is -0.380 e. The number of nitrogens with one attached hydrogen (secondary N) is 1. The van der Waals surface area contributed by atoms with E-state index in [-0.39, 0.29) is 11.9 Å². The molecule has 0 spiro atoms. The molecule has 0 aliphatic carbocycles. The van der Waals surface area contributed by atoms with Gasteiger partial charge in [0, 0.05) is 19.7 Å². The van der Waals surface area contributed by atoms with E-state index in [0.717, 1.165) is 39.1 Å². The molecule has 0 bridgehead atoms. The van der Waals surface area contributed by atoms with Gasteiger partial charge in [0.25, 0.3) is 0 Å². The summed E-state index contributed by atoms with van der Waals surface area (Å²) in [4.78, 5) is 13.8. The summed E-state index contributed by atoms with van der Waals surface area (Å²) >= 11 is 0. The first-order valence-corrected chi connectivity index (χ1v) is 5.89. The van der Waals surface area contributed by atoms with E-state index >= 15 is 0 Å². The molecule has 0 radical (unpaired) electrons. The SMILES string of the molecule is CCNC1CCCN(CCOCC)C1=O. The van der Waals surface area contributed by atoms with Crippen LogP contribution in [0.4, 0.5) is 0 Å². The number of carbonyl (C=O) groups is 1. The smallest absolute Gasteiger partial charge is 0.239 e. The second-order valence-corrected chi connectivity index (χ2v) is 3.77. The molecule has 1 amide bonds. The Hall–Kier alpha value is -0.610. The molecule has 1 fully saturated rings. The fourth-order valence-electron chi connectivity index (χ4n) is 1.92. The van der Waals surface area contributed by atoms with E-state index in [0.29, 0.717) is 6.61 Å². The number of rotatable bonds is 6. The van der Waals surface area contributed by atoms with Gasteiger partial charge in [0.15, 0.2) is 0 Å². The van der Waals surface area contributed by atoms with Crippen molar-refractivity contribution in [1.82, 2.24) is 10.2 Å². The summed E-state index contributed by atoms with van der Waals surface area (Å²) in [6, 6.07) is 0.0328. The van der Waals surface area contributed by atoms with Gasteiger partial charge in [0.2, 0.25) is 5.91 Å². The van der Waals surface area contributed by atoms with Crippen LogP contribution in [0.5, 0.6) is 0 Å². The number of carbonyl (C=O) groups excluding carboxylic acids is 1. The number of ether oxygens (including phenoxy) is 1. The summed E-state index contributed by atoms with van der Waals surface area (Å²) in [5.41, 5.74) is 0. The molecule has 0 aromatic rings. The molecule has 4 nitrogen and oxygen atoms in total. The summed E-state index contributed by atoms with van der Waals surface area (Å²) in [7, 11) is 0. The van der Waals surface area contributed by atoms with Crippen LogP contribution in [-0.2, 0) is 9.53 Å². The third kappa shape index (κ3) is 3.80. The van der Waals surface area contributed by atoms with Crippen molar-refractivity contribution in [1.29, 1.82) is 0 Å². The summed E-state index contributed by atoms with van der Waals surface area (Å²) in [6.07, 6.45) is 2.06. The number of amides is 1. The molecule has 1 rings (SSSR count). The number of likely N-dealkylation sites (N-methyl/N-ethyl adjacent to an activating group) is 1. The van der Waals surface area contributed by atoms with Gasteiger partial charge in [-0.05, 0) is 26.3 Å². The van der Waals surface area contributed by atoms with Gasteiger partial charge in [-0.25, -0.2) is 0 Å². The Balaban J connectivity index is 2.33. The normalized spacial score (nSPS) is 22.1. The van der Waals surface area contributed by atoms with Crippen LogP contribution in [-0.4, -0.2) is 49.7 Å². The monoisotopic (exact) mass is 214 g/mol. The van der Waals surface area contributed by atoms with Crippen LogP contribution in [0.1, 0.15) is 26.7 Å².